The van der Waals surface area contributed by atoms with Gasteiger partial charge in [0.05, 0.1) is 7.11 Å². The number of methoxy groups -OCH3 is 1. The number of nitrogens with two attached hydrogens (primary N) is 1. The summed E-state index contributed by atoms with van der Waals surface area (Å²) in [5.74, 6) is 0.768. The number of rotatable bonds is 3. The number of nitrogen functional groups attached to an aromatic ring is 1. The van der Waals surface area contributed by atoms with Crippen molar-refractivity contribution in [1.29, 1.82) is 0 Å². The fourth-order valence-corrected chi connectivity index (χ4v) is 1.90. The number of anilines is 3. The number of hydrogen-bond acceptors (Lipinski definition) is 3. The fourth-order valence-electron chi connectivity index (χ4n) is 1.90. The van der Waals surface area contributed by atoms with Crippen LogP contribution in [0.25, 0.3) is 0 Å². The summed E-state index contributed by atoms with van der Waals surface area (Å²) in [7, 11) is 3.66. The Morgan fingerprint density at radius 2 is 1.83 bits per heavy atom. The van der Waals surface area contributed by atoms with Crippen molar-refractivity contribution in [3.05, 3.63) is 48.0 Å². The highest BCUT2D eigenvalue weighted by atomic mass is 16.5. The topological polar surface area (TPSA) is 38.5 Å². The first-order chi connectivity index (χ1) is 8.60. The Bertz CT molecular complexity index is 552. The minimum Gasteiger partial charge on any atom is -0.497 e. The predicted molar refractivity (Wildman–Crippen MR) is 76.6 cm³/mol. The average molecular weight is 242 g/mol. The molecule has 0 saturated carbocycles. The number of hydrogen-bond donors (Lipinski definition) is 1. The van der Waals surface area contributed by atoms with E-state index in [1.807, 2.05) is 31.3 Å². The van der Waals surface area contributed by atoms with Crippen molar-refractivity contribution >= 4 is 17.1 Å². The standard InChI is InChI=1S/C15H18N2O/c1-11-5-4-6-13(7-11)17(2)14-8-12(16)9-15(10-14)18-3/h4-10H,16H2,1-3H3. The Morgan fingerprint density at radius 1 is 1.06 bits per heavy atom. The third-order valence-corrected chi connectivity index (χ3v) is 2.93. The van der Waals surface area contributed by atoms with E-state index in [1.165, 1.54) is 5.56 Å². The van der Waals surface area contributed by atoms with Gasteiger partial charge in [-0.25, -0.2) is 0 Å². The van der Waals surface area contributed by atoms with Crippen LogP contribution in [0, 0.1) is 6.92 Å². The summed E-state index contributed by atoms with van der Waals surface area (Å²) in [5, 5.41) is 0. The summed E-state index contributed by atoms with van der Waals surface area (Å²) in [6, 6.07) is 14.1. The van der Waals surface area contributed by atoms with Crippen molar-refractivity contribution in [2.45, 2.75) is 6.92 Å². The van der Waals surface area contributed by atoms with Gasteiger partial charge in [0.15, 0.2) is 0 Å². The third-order valence-electron chi connectivity index (χ3n) is 2.93. The number of aryl methyl sites for hydroxylation is 1. The molecule has 0 amide bonds. The largest absolute Gasteiger partial charge is 0.497 e. The Kier molecular flexibility index (Phi) is 3.42. The van der Waals surface area contributed by atoms with E-state index in [4.69, 9.17) is 10.5 Å². The molecule has 0 saturated heterocycles. The maximum Gasteiger partial charge on any atom is 0.122 e. The van der Waals surface area contributed by atoms with E-state index >= 15 is 0 Å². The lowest BCUT2D eigenvalue weighted by Crippen LogP contribution is -2.10. The molecule has 0 aliphatic rings. The van der Waals surface area contributed by atoms with Crippen LogP contribution >= 0.6 is 0 Å². The Morgan fingerprint density at radius 3 is 2.50 bits per heavy atom. The molecule has 0 atom stereocenters. The van der Waals surface area contributed by atoms with Gasteiger partial charge in [0.25, 0.3) is 0 Å². The van der Waals surface area contributed by atoms with Crippen LogP contribution in [-0.4, -0.2) is 14.2 Å². The van der Waals surface area contributed by atoms with Crippen LogP contribution in [0.4, 0.5) is 17.1 Å². The van der Waals surface area contributed by atoms with Crippen LogP contribution in [0.2, 0.25) is 0 Å². The molecule has 2 N–H and O–H groups in total. The molecule has 2 rings (SSSR count). The number of ether oxygens (including phenoxy) is 1. The van der Waals surface area contributed by atoms with E-state index in [-0.39, 0.29) is 0 Å². The van der Waals surface area contributed by atoms with Crippen LogP contribution in [0.5, 0.6) is 5.75 Å². The zero-order valence-corrected chi connectivity index (χ0v) is 11.0. The molecule has 0 radical (unpaired) electrons. The molecule has 2 aromatic rings. The maximum absolute atomic E-state index is 5.87. The van der Waals surface area contributed by atoms with Crippen LogP contribution in [0.1, 0.15) is 5.56 Å². The third kappa shape index (κ3) is 2.56. The first-order valence-corrected chi connectivity index (χ1v) is 5.85. The van der Waals surface area contributed by atoms with Gasteiger partial charge in [0.2, 0.25) is 0 Å². The Labute approximate surface area is 108 Å². The molecular weight excluding hydrogens is 224 g/mol. The van der Waals surface area contributed by atoms with Gasteiger partial charge in [0, 0.05) is 36.2 Å². The van der Waals surface area contributed by atoms with E-state index in [9.17, 15) is 0 Å². The summed E-state index contributed by atoms with van der Waals surface area (Å²) >= 11 is 0. The minimum atomic E-state index is 0.698. The van der Waals surface area contributed by atoms with Gasteiger partial charge >= 0.3 is 0 Å². The van der Waals surface area contributed by atoms with Crippen LogP contribution in [-0.2, 0) is 0 Å². The monoisotopic (exact) mass is 242 g/mol. The number of benzene rings is 2. The average Bonchev–Trinajstić information content (AvgIpc) is 2.37. The predicted octanol–water partition coefficient (Wildman–Crippen LogP) is 3.35. The Hall–Kier alpha value is -2.16. The Balaban J connectivity index is 2.39. The highest BCUT2D eigenvalue weighted by molar-refractivity contribution is 5.68. The normalized spacial score (nSPS) is 10.2. The lowest BCUT2D eigenvalue weighted by atomic mass is 10.2. The van der Waals surface area contributed by atoms with Gasteiger partial charge in [0.1, 0.15) is 5.75 Å². The van der Waals surface area contributed by atoms with E-state index in [1.54, 1.807) is 7.11 Å². The van der Waals surface area contributed by atoms with Crippen LogP contribution < -0.4 is 15.4 Å². The van der Waals surface area contributed by atoms with Gasteiger partial charge in [-0.15, -0.1) is 0 Å². The highest BCUT2D eigenvalue weighted by Crippen LogP contribution is 2.29. The van der Waals surface area contributed by atoms with Crippen molar-refractivity contribution in [1.82, 2.24) is 0 Å². The molecule has 18 heavy (non-hydrogen) atoms. The van der Waals surface area contributed by atoms with E-state index < -0.39 is 0 Å². The second-order valence-electron chi connectivity index (χ2n) is 4.36. The second-order valence-corrected chi connectivity index (χ2v) is 4.36. The molecule has 3 heteroatoms. The van der Waals surface area contributed by atoms with Gasteiger partial charge in [-0.3, -0.25) is 0 Å². The zero-order valence-electron chi connectivity index (χ0n) is 11.0. The summed E-state index contributed by atoms with van der Waals surface area (Å²) in [6.45, 7) is 2.08. The second kappa shape index (κ2) is 5.00. The van der Waals surface area contributed by atoms with Crippen molar-refractivity contribution < 1.29 is 4.74 Å². The summed E-state index contributed by atoms with van der Waals surface area (Å²) in [4.78, 5) is 2.09. The minimum absolute atomic E-state index is 0.698. The molecule has 0 unspecified atom stereocenters. The first kappa shape index (κ1) is 12.3. The molecule has 0 aliphatic carbocycles. The van der Waals surface area contributed by atoms with E-state index in [0.717, 1.165) is 17.1 Å². The van der Waals surface area contributed by atoms with Gasteiger partial charge in [-0.05, 0) is 30.7 Å². The van der Waals surface area contributed by atoms with Gasteiger partial charge in [-0.2, -0.15) is 0 Å². The molecular formula is C15H18N2O. The van der Waals surface area contributed by atoms with Crippen molar-refractivity contribution in [2.75, 3.05) is 24.8 Å². The molecule has 94 valence electrons. The molecule has 2 aromatic carbocycles. The summed E-state index contributed by atoms with van der Waals surface area (Å²) < 4.78 is 5.24. The van der Waals surface area contributed by atoms with Crippen molar-refractivity contribution in [3.8, 4) is 5.75 Å². The first-order valence-electron chi connectivity index (χ1n) is 5.85. The molecule has 0 fully saturated rings. The molecule has 3 nitrogen and oxygen atoms in total. The molecule has 0 bridgehead atoms. The molecule has 0 spiro atoms. The fraction of sp³-hybridized carbons (Fsp3) is 0.200. The summed E-state index contributed by atoms with van der Waals surface area (Å²) in [5.41, 5.74) is 9.94. The van der Waals surface area contributed by atoms with Gasteiger partial charge < -0.3 is 15.4 Å². The number of nitrogens with zero attached hydrogens (tertiary/aromatic N) is 1. The van der Waals surface area contributed by atoms with E-state index in [2.05, 4.69) is 30.0 Å². The summed E-state index contributed by atoms with van der Waals surface area (Å²) in [6.07, 6.45) is 0. The maximum atomic E-state index is 5.87. The molecule has 0 heterocycles. The molecule has 0 aromatic heterocycles. The smallest absolute Gasteiger partial charge is 0.122 e. The van der Waals surface area contributed by atoms with Gasteiger partial charge in [-0.1, -0.05) is 12.1 Å². The quantitative estimate of drug-likeness (QED) is 0.839. The van der Waals surface area contributed by atoms with E-state index in [0.29, 0.717) is 5.69 Å². The van der Waals surface area contributed by atoms with Crippen LogP contribution in [0.3, 0.4) is 0 Å². The zero-order chi connectivity index (χ0) is 13.1. The van der Waals surface area contributed by atoms with Crippen molar-refractivity contribution in [2.24, 2.45) is 0 Å². The van der Waals surface area contributed by atoms with Crippen molar-refractivity contribution in [3.63, 3.8) is 0 Å². The lowest BCUT2D eigenvalue weighted by Gasteiger charge is -2.21. The lowest BCUT2D eigenvalue weighted by molar-refractivity contribution is 0.415. The molecule has 0 aliphatic heterocycles. The highest BCUT2D eigenvalue weighted by Gasteiger charge is 2.06. The SMILES string of the molecule is COc1cc(N)cc(N(C)c2cccc(C)c2)c1. The van der Waals surface area contributed by atoms with Crippen LogP contribution in [0.15, 0.2) is 42.5 Å².